The van der Waals surface area contributed by atoms with E-state index in [1.165, 1.54) is 0 Å². The van der Waals surface area contributed by atoms with Crippen molar-refractivity contribution in [1.29, 1.82) is 5.26 Å². The Balaban J connectivity index is 1.78. The maximum Gasteiger partial charge on any atom is 0.235 e. The van der Waals surface area contributed by atoms with Crippen molar-refractivity contribution in [2.45, 2.75) is 0 Å². The van der Waals surface area contributed by atoms with Crippen LogP contribution >= 0.6 is 0 Å². The van der Waals surface area contributed by atoms with Crippen LogP contribution in [0.4, 0.5) is 5.69 Å². The van der Waals surface area contributed by atoms with Gasteiger partial charge in [0.05, 0.1) is 11.3 Å². The van der Waals surface area contributed by atoms with Gasteiger partial charge < -0.3 is 0 Å². The van der Waals surface area contributed by atoms with E-state index in [9.17, 15) is 14.9 Å². The van der Waals surface area contributed by atoms with Crippen molar-refractivity contribution in [1.82, 2.24) is 20.6 Å². The number of nitriles is 1. The lowest BCUT2D eigenvalue weighted by atomic mass is 9.83. The van der Waals surface area contributed by atoms with Gasteiger partial charge in [0.25, 0.3) is 0 Å². The minimum atomic E-state index is -0.286. The molecule has 4 rings (SSSR count). The molecule has 0 saturated carbocycles. The van der Waals surface area contributed by atoms with Gasteiger partial charge in [-0.3, -0.25) is 15.0 Å². The van der Waals surface area contributed by atoms with E-state index in [0.29, 0.717) is 16.8 Å². The first-order chi connectivity index (χ1) is 12.7. The molecule has 2 aromatic carbocycles. The molecule has 0 saturated heterocycles. The molecule has 124 valence electrons. The Bertz CT molecular complexity index is 1110. The molecule has 1 aliphatic carbocycles. The molecular weight excluding hydrogens is 334 g/mol. The maximum absolute atomic E-state index is 12.9. The summed E-state index contributed by atoms with van der Waals surface area (Å²) in [4.78, 5) is 25.6. The summed E-state index contributed by atoms with van der Waals surface area (Å²) in [6.07, 6.45) is 0. The van der Waals surface area contributed by atoms with Crippen LogP contribution < -0.4 is 5.43 Å². The van der Waals surface area contributed by atoms with Crippen LogP contribution in [0, 0.1) is 11.3 Å². The van der Waals surface area contributed by atoms with Gasteiger partial charge in [-0.1, -0.05) is 36.4 Å². The minimum absolute atomic E-state index is 0.0116. The molecule has 26 heavy (non-hydrogen) atoms. The predicted molar refractivity (Wildman–Crippen MR) is 89.7 cm³/mol. The zero-order chi connectivity index (χ0) is 18.1. The summed E-state index contributed by atoms with van der Waals surface area (Å²) in [6.45, 7) is 0. The number of nitrogens with one attached hydrogen (secondary N) is 2. The summed E-state index contributed by atoms with van der Waals surface area (Å²) in [5.41, 5.74) is 4.06. The van der Waals surface area contributed by atoms with Gasteiger partial charge in [-0.05, 0) is 11.3 Å². The van der Waals surface area contributed by atoms with Gasteiger partial charge in [0.15, 0.2) is 11.6 Å². The third kappa shape index (κ3) is 2.33. The van der Waals surface area contributed by atoms with Gasteiger partial charge in [0.2, 0.25) is 11.5 Å². The van der Waals surface area contributed by atoms with Crippen molar-refractivity contribution < 1.29 is 9.59 Å². The number of nitrogens with zero attached hydrogens (tertiary/aromatic N) is 5. The lowest BCUT2D eigenvalue weighted by Gasteiger charge is -2.19. The maximum atomic E-state index is 12.9. The smallest absolute Gasteiger partial charge is 0.235 e. The van der Waals surface area contributed by atoms with Crippen LogP contribution in [0.5, 0.6) is 0 Å². The largest absolute Gasteiger partial charge is 0.289 e. The Labute approximate surface area is 146 Å². The van der Waals surface area contributed by atoms with E-state index in [-0.39, 0.29) is 34.2 Å². The molecule has 0 radical (unpaired) electrons. The number of H-pyrrole nitrogens is 1. The zero-order valence-corrected chi connectivity index (χ0v) is 13.1. The fourth-order valence-corrected chi connectivity index (χ4v) is 2.74. The summed E-state index contributed by atoms with van der Waals surface area (Å²) in [7, 11) is 0. The number of anilines is 1. The Morgan fingerprint density at radius 3 is 2.46 bits per heavy atom. The summed E-state index contributed by atoms with van der Waals surface area (Å²) in [6, 6.07) is 13.3. The molecule has 2 N–H and O–H groups in total. The Morgan fingerprint density at radius 1 is 1.04 bits per heavy atom. The number of carbonyl (C=O) groups excluding carboxylic acids is 2. The van der Waals surface area contributed by atoms with Gasteiger partial charge in [0, 0.05) is 16.7 Å². The zero-order valence-electron chi connectivity index (χ0n) is 13.1. The highest BCUT2D eigenvalue weighted by molar-refractivity contribution is 6.30. The number of aromatic nitrogens is 4. The molecule has 0 amide bonds. The molecule has 9 heteroatoms. The summed E-state index contributed by atoms with van der Waals surface area (Å²) >= 11 is 0. The van der Waals surface area contributed by atoms with Crippen LogP contribution in [0.1, 0.15) is 37.7 Å². The van der Waals surface area contributed by atoms with Gasteiger partial charge >= 0.3 is 0 Å². The van der Waals surface area contributed by atoms with Crippen molar-refractivity contribution in [3.63, 3.8) is 0 Å². The second-order valence-corrected chi connectivity index (χ2v) is 5.35. The van der Waals surface area contributed by atoms with Crippen LogP contribution in [-0.4, -0.2) is 37.9 Å². The SMILES string of the molecule is N#C/C(=N/Nc1cccc2c1C(=O)c1ccccc1C2=O)c1nn[nH]n1. The number of hydrazone groups is 1. The molecule has 1 aliphatic rings. The van der Waals surface area contributed by atoms with Crippen LogP contribution in [0.3, 0.4) is 0 Å². The van der Waals surface area contributed by atoms with E-state index in [4.69, 9.17) is 0 Å². The highest BCUT2D eigenvalue weighted by Crippen LogP contribution is 2.31. The monoisotopic (exact) mass is 343 g/mol. The van der Waals surface area contributed by atoms with E-state index in [1.54, 1.807) is 42.5 Å². The van der Waals surface area contributed by atoms with Crippen molar-refractivity contribution in [2.75, 3.05) is 5.43 Å². The molecule has 3 aromatic rings. The number of carbonyl (C=O) groups is 2. The summed E-state index contributed by atoms with van der Waals surface area (Å²) in [5, 5.41) is 26.1. The topological polar surface area (TPSA) is 137 Å². The summed E-state index contributed by atoms with van der Waals surface area (Å²) < 4.78 is 0. The van der Waals surface area contributed by atoms with Gasteiger partial charge in [-0.2, -0.15) is 15.6 Å². The Hall–Kier alpha value is -4.19. The first-order valence-electron chi connectivity index (χ1n) is 7.49. The standard InChI is InChI=1S/C17H9N7O2/c18-8-13(17-21-23-24-22-17)20-19-12-7-3-6-11-14(12)16(26)10-5-2-1-4-9(10)15(11)25/h1-7,19H,(H,21,22,23,24)/b20-13-. The molecule has 0 unspecified atom stereocenters. The lowest BCUT2D eigenvalue weighted by Crippen LogP contribution is -2.22. The van der Waals surface area contributed by atoms with Crippen LogP contribution in [-0.2, 0) is 0 Å². The highest BCUT2D eigenvalue weighted by atomic mass is 16.1. The number of hydrogen-bond donors (Lipinski definition) is 2. The molecular formula is C17H9N7O2. The van der Waals surface area contributed by atoms with Crippen molar-refractivity contribution in [2.24, 2.45) is 5.10 Å². The number of hydrogen-bond acceptors (Lipinski definition) is 8. The van der Waals surface area contributed by atoms with E-state index >= 15 is 0 Å². The van der Waals surface area contributed by atoms with Gasteiger partial charge in [0.1, 0.15) is 6.07 Å². The van der Waals surface area contributed by atoms with Crippen LogP contribution in [0.25, 0.3) is 0 Å². The third-order valence-corrected chi connectivity index (χ3v) is 3.90. The average Bonchev–Trinajstić information content (AvgIpc) is 3.21. The molecule has 1 aromatic heterocycles. The average molecular weight is 343 g/mol. The normalized spacial score (nSPS) is 13.0. The minimum Gasteiger partial charge on any atom is -0.289 e. The van der Waals surface area contributed by atoms with E-state index in [2.05, 4.69) is 31.2 Å². The second kappa shape index (κ2) is 6.03. The molecule has 9 nitrogen and oxygen atoms in total. The van der Waals surface area contributed by atoms with E-state index in [1.807, 2.05) is 6.07 Å². The molecule has 0 bridgehead atoms. The lowest BCUT2D eigenvalue weighted by molar-refractivity contribution is 0.0979. The fourth-order valence-electron chi connectivity index (χ4n) is 2.74. The number of tetrazole rings is 1. The first-order valence-corrected chi connectivity index (χ1v) is 7.49. The number of fused-ring (bicyclic) bond motifs is 2. The van der Waals surface area contributed by atoms with Crippen molar-refractivity contribution >= 4 is 23.0 Å². The van der Waals surface area contributed by atoms with Gasteiger partial charge in [-0.25, -0.2) is 0 Å². The van der Waals surface area contributed by atoms with Crippen LogP contribution in [0.2, 0.25) is 0 Å². The number of aromatic amines is 1. The number of benzene rings is 2. The Morgan fingerprint density at radius 2 is 1.77 bits per heavy atom. The van der Waals surface area contributed by atoms with Gasteiger partial charge in [-0.15, -0.1) is 10.2 Å². The third-order valence-electron chi connectivity index (χ3n) is 3.90. The van der Waals surface area contributed by atoms with E-state index < -0.39 is 0 Å². The van der Waals surface area contributed by atoms with Crippen molar-refractivity contribution in [3.8, 4) is 6.07 Å². The quantitative estimate of drug-likeness (QED) is 0.422. The molecule has 0 atom stereocenters. The second-order valence-electron chi connectivity index (χ2n) is 5.35. The number of rotatable bonds is 3. The first kappa shape index (κ1) is 15.3. The molecule has 0 spiro atoms. The van der Waals surface area contributed by atoms with Crippen LogP contribution in [0.15, 0.2) is 47.6 Å². The summed E-state index contributed by atoms with van der Waals surface area (Å²) in [5.74, 6) is -0.509. The molecule has 0 aliphatic heterocycles. The fraction of sp³-hybridized carbons (Fsp3) is 0. The van der Waals surface area contributed by atoms with E-state index in [0.717, 1.165) is 0 Å². The molecule has 0 fully saturated rings. The number of ketones is 2. The Kier molecular flexibility index (Phi) is 3.56. The molecule has 1 heterocycles. The van der Waals surface area contributed by atoms with Crippen molar-refractivity contribution in [3.05, 3.63) is 70.5 Å². The highest BCUT2D eigenvalue weighted by Gasteiger charge is 2.31. The predicted octanol–water partition coefficient (Wildman–Crippen LogP) is 1.31.